The lowest BCUT2D eigenvalue weighted by molar-refractivity contribution is -0.148. The quantitative estimate of drug-likeness (QED) is 0.457. The maximum atomic E-state index is 12.8. The van der Waals surface area contributed by atoms with Crippen LogP contribution in [0.3, 0.4) is 0 Å². The molecule has 3 aromatic heterocycles. The number of hydrogen-bond acceptors (Lipinski definition) is 7. The van der Waals surface area contributed by atoms with Crippen molar-refractivity contribution in [1.29, 1.82) is 0 Å². The molecule has 0 aromatic carbocycles. The van der Waals surface area contributed by atoms with Crippen LogP contribution in [0.1, 0.15) is 62.4 Å². The molecule has 0 spiro atoms. The van der Waals surface area contributed by atoms with Gasteiger partial charge in [-0.1, -0.05) is 13.8 Å². The number of aromatic nitrogens is 3. The summed E-state index contributed by atoms with van der Waals surface area (Å²) in [5, 5.41) is 13.4. The van der Waals surface area contributed by atoms with Gasteiger partial charge in [0.1, 0.15) is 16.8 Å². The molecule has 0 saturated carbocycles. The van der Waals surface area contributed by atoms with Crippen LogP contribution in [0.4, 0.5) is 0 Å². The van der Waals surface area contributed by atoms with Gasteiger partial charge in [-0.05, 0) is 56.9 Å². The number of pyridine rings is 1. The molecule has 0 radical (unpaired) electrons. The summed E-state index contributed by atoms with van der Waals surface area (Å²) in [6.45, 7) is 9.48. The molecule has 3 heterocycles. The number of rotatable bonds is 6. The Bertz CT molecular complexity index is 1190. The summed E-state index contributed by atoms with van der Waals surface area (Å²) in [5.41, 5.74) is 1.26. The lowest BCUT2D eigenvalue weighted by Crippen LogP contribution is -2.22. The zero-order valence-electron chi connectivity index (χ0n) is 18.4. The number of carbonyl (C=O) groups excluding carboxylic acids is 1. The highest BCUT2D eigenvalue weighted by Crippen LogP contribution is 2.20. The first-order valence-corrected chi connectivity index (χ1v) is 11.0. The van der Waals surface area contributed by atoms with Gasteiger partial charge in [-0.2, -0.15) is 4.98 Å². The predicted molar refractivity (Wildman–Crippen MR) is 122 cm³/mol. The smallest absolute Gasteiger partial charge is 0.331 e. The Hall–Kier alpha value is -3.00. The topological polar surface area (TPSA) is 93.8 Å². The van der Waals surface area contributed by atoms with E-state index >= 15 is 0 Å². The highest BCUT2D eigenvalue weighted by Gasteiger charge is 2.15. The fraction of sp³-hybridized carbons (Fsp3) is 0.391. The molecule has 0 aliphatic heterocycles. The molecule has 0 unspecified atom stereocenters. The predicted octanol–water partition coefficient (Wildman–Crippen LogP) is 4.12. The number of ether oxygens (including phenoxy) is 1. The largest absolute Gasteiger partial charge is 0.493 e. The molecule has 3 aromatic rings. The number of esters is 1. The number of thiazole rings is 1. The third kappa shape index (κ3) is 5.79. The van der Waals surface area contributed by atoms with Crippen molar-refractivity contribution in [2.45, 2.75) is 59.0 Å². The van der Waals surface area contributed by atoms with Gasteiger partial charge in [0.15, 0.2) is 0 Å². The molecule has 0 fully saturated rings. The van der Waals surface area contributed by atoms with E-state index in [-0.39, 0.29) is 5.56 Å². The molecule has 3 rings (SSSR count). The van der Waals surface area contributed by atoms with E-state index in [1.54, 1.807) is 44.4 Å². The number of aromatic hydroxyl groups is 1. The number of nitrogens with zero attached hydrogens (tertiary/aromatic N) is 3. The van der Waals surface area contributed by atoms with Crippen LogP contribution in [0.15, 0.2) is 34.6 Å². The van der Waals surface area contributed by atoms with E-state index in [2.05, 4.69) is 29.2 Å². The Balaban J connectivity index is 1.80. The first kappa shape index (κ1) is 22.7. The summed E-state index contributed by atoms with van der Waals surface area (Å²) in [6, 6.07) is 3.63. The zero-order valence-corrected chi connectivity index (χ0v) is 19.2. The van der Waals surface area contributed by atoms with E-state index in [9.17, 15) is 14.7 Å². The van der Waals surface area contributed by atoms with Crippen LogP contribution >= 0.6 is 11.3 Å². The molecule has 0 amide bonds. The number of fused-ring (bicyclic) bond motifs is 1. The van der Waals surface area contributed by atoms with Crippen molar-refractivity contribution in [2.75, 3.05) is 0 Å². The Morgan fingerprint density at radius 3 is 2.68 bits per heavy atom. The van der Waals surface area contributed by atoms with Gasteiger partial charge in [0.25, 0.3) is 5.56 Å². The van der Waals surface area contributed by atoms with Crippen molar-refractivity contribution in [3.8, 4) is 5.88 Å². The normalized spacial score (nSPS) is 12.2. The van der Waals surface area contributed by atoms with Crippen LogP contribution in [0.2, 0.25) is 0 Å². The van der Waals surface area contributed by atoms with Gasteiger partial charge in [0.05, 0.1) is 10.7 Å². The maximum absolute atomic E-state index is 12.8. The summed E-state index contributed by atoms with van der Waals surface area (Å²) < 4.78 is 6.52. The maximum Gasteiger partial charge on any atom is 0.331 e. The minimum Gasteiger partial charge on any atom is -0.493 e. The van der Waals surface area contributed by atoms with Crippen molar-refractivity contribution in [1.82, 2.24) is 14.4 Å². The summed E-state index contributed by atoms with van der Waals surface area (Å²) in [5.74, 6) is -0.624. The standard InChI is InChI=1S/C23H27N3O4S/c1-14(2)17-13-31-19(24-17)8-6-15-10-11-26-18(12-15)25-21(28)16(22(26)29)7-9-20(27)30-23(3,4)5/h7,9-14,28H,6,8H2,1-5H3. The average molecular weight is 442 g/mol. The van der Waals surface area contributed by atoms with Gasteiger partial charge in [0.2, 0.25) is 5.88 Å². The fourth-order valence-corrected chi connectivity index (χ4v) is 3.89. The number of hydrogen-bond donors (Lipinski definition) is 1. The van der Waals surface area contributed by atoms with Gasteiger partial charge in [-0.25, -0.2) is 9.78 Å². The second-order valence-electron chi connectivity index (χ2n) is 8.61. The highest BCUT2D eigenvalue weighted by atomic mass is 32.1. The van der Waals surface area contributed by atoms with Crippen molar-refractivity contribution >= 4 is 29.0 Å². The molecule has 0 bridgehead atoms. The second kappa shape index (κ2) is 9.01. The first-order chi connectivity index (χ1) is 14.5. The second-order valence-corrected chi connectivity index (χ2v) is 9.55. The fourth-order valence-electron chi connectivity index (χ4n) is 2.93. The Morgan fingerprint density at radius 2 is 2.03 bits per heavy atom. The third-order valence-corrected chi connectivity index (χ3v) is 5.42. The molecule has 0 aliphatic rings. The van der Waals surface area contributed by atoms with Crippen LogP contribution in [0.5, 0.6) is 5.88 Å². The van der Waals surface area contributed by atoms with Crippen LogP contribution in [0, 0.1) is 0 Å². The van der Waals surface area contributed by atoms with E-state index in [0.717, 1.165) is 35.2 Å². The van der Waals surface area contributed by atoms with Gasteiger partial charge in [-0.3, -0.25) is 9.20 Å². The lowest BCUT2D eigenvalue weighted by Gasteiger charge is -2.17. The lowest BCUT2D eigenvalue weighted by atomic mass is 10.1. The van der Waals surface area contributed by atoms with E-state index < -0.39 is 23.0 Å². The Labute approximate surface area is 185 Å². The van der Waals surface area contributed by atoms with Gasteiger partial charge >= 0.3 is 5.97 Å². The van der Waals surface area contributed by atoms with Crippen LogP contribution < -0.4 is 5.56 Å². The van der Waals surface area contributed by atoms with Crippen molar-refractivity contribution in [3.05, 3.63) is 62.0 Å². The third-order valence-electron chi connectivity index (χ3n) is 4.49. The van der Waals surface area contributed by atoms with Gasteiger partial charge in [0, 0.05) is 24.1 Å². The van der Waals surface area contributed by atoms with Crippen LogP contribution in [0.25, 0.3) is 11.7 Å². The minimum atomic E-state index is -0.647. The summed E-state index contributed by atoms with van der Waals surface area (Å²) in [4.78, 5) is 33.4. The highest BCUT2D eigenvalue weighted by molar-refractivity contribution is 7.09. The SMILES string of the molecule is CC(C)c1csc(CCc2ccn3c(=O)c(C=CC(=O)OC(C)(C)C)c(O)nc3c2)n1. The van der Waals surface area contributed by atoms with E-state index in [4.69, 9.17) is 4.74 Å². The molecular weight excluding hydrogens is 414 g/mol. The summed E-state index contributed by atoms with van der Waals surface area (Å²) in [6.07, 6.45) is 5.52. The molecule has 0 saturated heterocycles. The summed E-state index contributed by atoms with van der Waals surface area (Å²) in [7, 11) is 0. The zero-order chi connectivity index (χ0) is 22.8. The summed E-state index contributed by atoms with van der Waals surface area (Å²) >= 11 is 1.65. The van der Waals surface area contributed by atoms with Crippen LogP contribution in [-0.4, -0.2) is 31.0 Å². The average Bonchev–Trinajstić information content (AvgIpc) is 3.14. The Kier molecular flexibility index (Phi) is 6.59. The molecule has 164 valence electrons. The molecule has 8 heteroatoms. The molecule has 0 aliphatic carbocycles. The molecular formula is C23H27N3O4S. The van der Waals surface area contributed by atoms with Gasteiger partial charge in [-0.15, -0.1) is 11.3 Å². The van der Waals surface area contributed by atoms with Crippen molar-refractivity contribution in [2.24, 2.45) is 0 Å². The Morgan fingerprint density at radius 1 is 1.29 bits per heavy atom. The van der Waals surface area contributed by atoms with Crippen molar-refractivity contribution in [3.63, 3.8) is 0 Å². The first-order valence-electron chi connectivity index (χ1n) is 10.1. The van der Waals surface area contributed by atoms with Crippen molar-refractivity contribution < 1.29 is 14.6 Å². The minimum absolute atomic E-state index is 0.0693. The molecule has 0 atom stereocenters. The van der Waals surface area contributed by atoms with Gasteiger partial charge < -0.3 is 9.84 Å². The molecule has 7 nitrogen and oxygen atoms in total. The number of carbonyl (C=O) groups is 1. The molecule has 1 N–H and O–H groups in total. The monoisotopic (exact) mass is 441 g/mol. The van der Waals surface area contributed by atoms with E-state index in [1.165, 1.54) is 10.5 Å². The molecule has 31 heavy (non-hydrogen) atoms. The van der Waals surface area contributed by atoms with E-state index in [1.807, 2.05) is 6.07 Å². The van der Waals surface area contributed by atoms with Crippen LogP contribution in [-0.2, 0) is 22.4 Å². The van der Waals surface area contributed by atoms with E-state index in [0.29, 0.717) is 11.6 Å². The number of aryl methyl sites for hydroxylation is 2.